The highest BCUT2D eigenvalue weighted by atomic mass is 16.4. The van der Waals surface area contributed by atoms with Gasteiger partial charge < -0.3 is 14.8 Å². The number of carboxylic acids is 1. The molecule has 0 radical (unpaired) electrons. The molecule has 1 aromatic heterocycles. The number of benzene rings is 1. The van der Waals surface area contributed by atoms with Gasteiger partial charge in [-0.3, -0.25) is 4.79 Å². The summed E-state index contributed by atoms with van der Waals surface area (Å²) in [6, 6.07) is 9.52. The third-order valence-corrected chi connectivity index (χ3v) is 2.70. The van der Waals surface area contributed by atoms with Crippen LogP contribution < -0.4 is 0 Å². The van der Waals surface area contributed by atoms with E-state index in [1.54, 1.807) is 0 Å². The number of carboxylic acid groups (broad SMARTS) is 1. The first-order valence-electron chi connectivity index (χ1n) is 5.04. The molecule has 0 bridgehead atoms. The molecule has 2 aromatic rings. The van der Waals surface area contributed by atoms with Gasteiger partial charge in [-0.25, -0.2) is 0 Å². The van der Waals surface area contributed by atoms with E-state index in [0.717, 1.165) is 10.9 Å². The maximum absolute atomic E-state index is 10.5. The molecule has 4 heteroatoms. The first-order valence-corrected chi connectivity index (χ1v) is 5.04. The summed E-state index contributed by atoms with van der Waals surface area (Å²) in [5.41, 5.74) is 1.62. The SMILES string of the molecule is Cn1c([C@@H](O)CC(=O)O)cc2ccccc21. The molecule has 16 heavy (non-hydrogen) atoms. The van der Waals surface area contributed by atoms with E-state index < -0.39 is 12.1 Å². The minimum atomic E-state index is -1.00. The Balaban J connectivity index is 2.45. The van der Waals surface area contributed by atoms with Crippen LogP contribution in [0.4, 0.5) is 0 Å². The van der Waals surface area contributed by atoms with Gasteiger partial charge in [-0.15, -0.1) is 0 Å². The summed E-state index contributed by atoms with van der Waals surface area (Å²) in [6.45, 7) is 0. The lowest BCUT2D eigenvalue weighted by Gasteiger charge is -2.09. The van der Waals surface area contributed by atoms with Crippen LogP contribution in [0.2, 0.25) is 0 Å². The van der Waals surface area contributed by atoms with Gasteiger partial charge in [0.25, 0.3) is 0 Å². The van der Waals surface area contributed by atoms with Gasteiger partial charge in [-0.2, -0.15) is 0 Å². The number of carbonyl (C=O) groups is 1. The molecule has 0 aliphatic carbocycles. The molecule has 0 saturated carbocycles. The summed E-state index contributed by atoms with van der Waals surface area (Å²) >= 11 is 0. The summed E-state index contributed by atoms with van der Waals surface area (Å²) in [5.74, 6) is -1.00. The average Bonchev–Trinajstić information content (AvgIpc) is 2.56. The Morgan fingerprint density at radius 1 is 1.44 bits per heavy atom. The van der Waals surface area contributed by atoms with Gasteiger partial charge in [-0.05, 0) is 17.5 Å². The molecule has 0 aliphatic rings. The normalized spacial score (nSPS) is 12.9. The van der Waals surface area contributed by atoms with Crippen molar-refractivity contribution in [2.24, 2.45) is 7.05 Å². The summed E-state index contributed by atoms with van der Waals surface area (Å²) in [5, 5.41) is 19.4. The molecular weight excluding hydrogens is 206 g/mol. The zero-order valence-corrected chi connectivity index (χ0v) is 8.92. The molecule has 4 nitrogen and oxygen atoms in total. The molecule has 84 valence electrons. The fourth-order valence-corrected chi connectivity index (χ4v) is 1.90. The Hall–Kier alpha value is -1.81. The Morgan fingerprint density at radius 2 is 2.12 bits per heavy atom. The molecule has 2 N–H and O–H groups in total. The van der Waals surface area contributed by atoms with Gasteiger partial charge in [0.15, 0.2) is 0 Å². The Bertz CT molecular complexity index is 530. The predicted molar refractivity (Wildman–Crippen MR) is 60.1 cm³/mol. The zero-order chi connectivity index (χ0) is 11.7. The molecule has 1 atom stereocenters. The fourth-order valence-electron chi connectivity index (χ4n) is 1.90. The van der Waals surface area contributed by atoms with Crippen molar-refractivity contribution < 1.29 is 15.0 Å². The van der Waals surface area contributed by atoms with E-state index in [4.69, 9.17) is 5.11 Å². The fraction of sp³-hybridized carbons (Fsp3) is 0.250. The van der Waals surface area contributed by atoms with Crippen LogP contribution in [0.3, 0.4) is 0 Å². The summed E-state index contributed by atoms with van der Waals surface area (Å²) in [4.78, 5) is 10.5. The predicted octanol–water partition coefficient (Wildman–Crippen LogP) is 1.69. The highest BCUT2D eigenvalue weighted by Crippen LogP contribution is 2.24. The molecule has 0 unspecified atom stereocenters. The number of rotatable bonds is 3. The van der Waals surface area contributed by atoms with Gasteiger partial charge in [0.05, 0.1) is 6.42 Å². The van der Waals surface area contributed by atoms with Crippen LogP contribution in [0.1, 0.15) is 18.2 Å². The quantitative estimate of drug-likeness (QED) is 0.825. The van der Waals surface area contributed by atoms with E-state index in [0.29, 0.717) is 5.69 Å². The van der Waals surface area contributed by atoms with Crippen molar-refractivity contribution >= 4 is 16.9 Å². The van der Waals surface area contributed by atoms with Crippen molar-refractivity contribution in [2.45, 2.75) is 12.5 Å². The maximum atomic E-state index is 10.5. The second-order valence-electron chi connectivity index (χ2n) is 3.80. The number of aliphatic carboxylic acids is 1. The van der Waals surface area contributed by atoms with Crippen molar-refractivity contribution in [3.05, 3.63) is 36.0 Å². The van der Waals surface area contributed by atoms with E-state index in [1.165, 1.54) is 0 Å². The maximum Gasteiger partial charge on any atom is 0.306 e. The second kappa shape index (κ2) is 3.98. The Labute approximate surface area is 92.7 Å². The van der Waals surface area contributed by atoms with Gasteiger partial charge in [0.1, 0.15) is 6.10 Å². The largest absolute Gasteiger partial charge is 0.481 e. The lowest BCUT2D eigenvalue weighted by atomic mass is 10.2. The highest BCUT2D eigenvalue weighted by Gasteiger charge is 2.16. The van der Waals surface area contributed by atoms with Crippen molar-refractivity contribution in [2.75, 3.05) is 0 Å². The van der Waals surface area contributed by atoms with Crippen molar-refractivity contribution in [3.63, 3.8) is 0 Å². The van der Waals surface area contributed by atoms with E-state index in [1.807, 2.05) is 41.9 Å². The van der Waals surface area contributed by atoms with Crippen LogP contribution in [0.25, 0.3) is 10.9 Å². The number of aliphatic hydroxyl groups excluding tert-OH is 1. The molecule has 1 aromatic carbocycles. The van der Waals surface area contributed by atoms with Gasteiger partial charge in [0, 0.05) is 18.3 Å². The molecular formula is C12H13NO3. The van der Waals surface area contributed by atoms with E-state index >= 15 is 0 Å². The molecule has 0 saturated heterocycles. The van der Waals surface area contributed by atoms with Gasteiger partial charge >= 0.3 is 5.97 Å². The van der Waals surface area contributed by atoms with Crippen LogP contribution in [0, 0.1) is 0 Å². The van der Waals surface area contributed by atoms with Crippen LogP contribution in [0.5, 0.6) is 0 Å². The lowest BCUT2D eigenvalue weighted by molar-refractivity contribution is -0.139. The summed E-state index contributed by atoms with van der Waals surface area (Å²) in [6.07, 6.45) is -1.24. The first kappa shape index (κ1) is 10.7. The van der Waals surface area contributed by atoms with Crippen molar-refractivity contribution in [1.29, 1.82) is 0 Å². The number of hydrogen-bond donors (Lipinski definition) is 2. The topological polar surface area (TPSA) is 62.5 Å². The average molecular weight is 219 g/mol. The number of hydrogen-bond acceptors (Lipinski definition) is 2. The number of aromatic nitrogens is 1. The lowest BCUT2D eigenvalue weighted by Crippen LogP contribution is -2.09. The number of aryl methyl sites for hydroxylation is 1. The summed E-state index contributed by atoms with van der Waals surface area (Å²) < 4.78 is 1.82. The smallest absolute Gasteiger partial charge is 0.306 e. The van der Waals surface area contributed by atoms with Crippen LogP contribution in [-0.2, 0) is 11.8 Å². The van der Waals surface area contributed by atoms with Crippen LogP contribution in [0.15, 0.2) is 30.3 Å². The minimum Gasteiger partial charge on any atom is -0.481 e. The van der Waals surface area contributed by atoms with Gasteiger partial charge in [0.2, 0.25) is 0 Å². The molecule has 1 heterocycles. The number of fused-ring (bicyclic) bond motifs is 1. The standard InChI is InChI=1S/C12H13NO3/c1-13-9-5-3-2-4-8(9)6-10(13)11(14)7-12(15)16/h2-6,11,14H,7H2,1H3,(H,15,16)/t11-/m0/s1. The minimum absolute atomic E-state index is 0.274. The first-order chi connectivity index (χ1) is 7.59. The number of para-hydroxylation sites is 1. The third-order valence-electron chi connectivity index (χ3n) is 2.70. The van der Waals surface area contributed by atoms with Crippen molar-refractivity contribution in [3.8, 4) is 0 Å². The molecule has 0 fully saturated rings. The Morgan fingerprint density at radius 3 is 2.75 bits per heavy atom. The number of nitrogens with zero attached hydrogens (tertiary/aromatic N) is 1. The zero-order valence-electron chi connectivity index (χ0n) is 8.92. The van der Waals surface area contributed by atoms with E-state index in [9.17, 15) is 9.90 Å². The van der Waals surface area contributed by atoms with Crippen LogP contribution in [-0.4, -0.2) is 20.7 Å². The molecule has 2 rings (SSSR count). The van der Waals surface area contributed by atoms with E-state index in [-0.39, 0.29) is 6.42 Å². The third kappa shape index (κ3) is 1.79. The molecule has 0 aliphatic heterocycles. The molecule has 0 amide bonds. The van der Waals surface area contributed by atoms with Crippen molar-refractivity contribution in [1.82, 2.24) is 4.57 Å². The summed E-state index contributed by atoms with van der Waals surface area (Å²) in [7, 11) is 1.82. The molecule has 0 spiro atoms. The Kier molecular flexibility index (Phi) is 2.66. The highest BCUT2D eigenvalue weighted by molar-refractivity contribution is 5.81. The second-order valence-corrected chi connectivity index (χ2v) is 3.80. The monoisotopic (exact) mass is 219 g/mol. The van der Waals surface area contributed by atoms with E-state index in [2.05, 4.69) is 0 Å². The van der Waals surface area contributed by atoms with Crippen LogP contribution >= 0.6 is 0 Å². The number of aliphatic hydroxyl groups is 1. The van der Waals surface area contributed by atoms with Gasteiger partial charge in [-0.1, -0.05) is 18.2 Å².